The number of methoxy groups -OCH3 is 1. The van der Waals surface area contributed by atoms with E-state index < -0.39 is 4.92 Å². The Morgan fingerprint density at radius 1 is 1.03 bits per heavy atom. The van der Waals surface area contributed by atoms with Gasteiger partial charge >= 0.3 is 0 Å². The molecule has 1 aliphatic heterocycles. The lowest BCUT2D eigenvalue weighted by Crippen LogP contribution is -2.49. The lowest BCUT2D eigenvalue weighted by Gasteiger charge is -2.36. The number of imidazole rings is 1. The molecule has 9 heteroatoms. The van der Waals surface area contributed by atoms with Gasteiger partial charge in [-0.25, -0.2) is 4.98 Å². The molecule has 0 aliphatic carbocycles. The predicted octanol–water partition coefficient (Wildman–Crippen LogP) is 4.12. The van der Waals surface area contributed by atoms with Crippen molar-refractivity contribution in [1.29, 1.82) is 0 Å². The van der Waals surface area contributed by atoms with Crippen molar-refractivity contribution in [2.24, 2.45) is 0 Å². The second-order valence-electron chi connectivity index (χ2n) is 8.75. The van der Waals surface area contributed by atoms with Crippen molar-refractivity contribution in [3.8, 4) is 5.75 Å². The molecule has 9 nitrogen and oxygen atoms in total. The highest BCUT2D eigenvalue weighted by atomic mass is 16.6. The zero-order chi connectivity index (χ0) is 25.1. The molecular weight excluding hydrogens is 458 g/mol. The summed E-state index contributed by atoms with van der Waals surface area (Å²) in [5.41, 5.74) is 3.71. The lowest BCUT2D eigenvalue weighted by molar-refractivity contribution is -0.384. The molecule has 2 aromatic carbocycles. The van der Waals surface area contributed by atoms with Gasteiger partial charge in [0.05, 0.1) is 17.7 Å². The summed E-state index contributed by atoms with van der Waals surface area (Å²) in [6, 6.07) is 20.2. The molecule has 2 aromatic heterocycles. The van der Waals surface area contributed by atoms with Crippen LogP contribution in [0.4, 0.5) is 11.4 Å². The van der Waals surface area contributed by atoms with Crippen molar-refractivity contribution < 1.29 is 14.5 Å². The summed E-state index contributed by atoms with van der Waals surface area (Å²) < 4.78 is 7.67. The predicted molar refractivity (Wildman–Crippen MR) is 137 cm³/mol. The Morgan fingerprint density at radius 3 is 2.47 bits per heavy atom. The molecule has 184 valence electrons. The molecule has 1 atom stereocenters. The van der Waals surface area contributed by atoms with Crippen molar-refractivity contribution in [2.45, 2.75) is 12.3 Å². The van der Waals surface area contributed by atoms with Crippen LogP contribution in [0.2, 0.25) is 0 Å². The van der Waals surface area contributed by atoms with Crippen LogP contribution in [-0.2, 0) is 4.79 Å². The monoisotopic (exact) mass is 485 g/mol. The first-order valence-corrected chi connectivity index (χ1v) is 11.9. The molecule has 1 fully saturated rings. The molecular formula is C27H27N5O4. The highest BCUT2D eigenvalue weighted by Crippen LogP contribution is 2.35. The van der Waals surface area contributed by atoms with Gasteiger partial charge in [0.15, 0.2) is 0 Å². The van der Waals surface area contributed by atoms with Crippen molar-refractivity contribution in [3.05, 3.63) is 100 Å². The number of non-ortho nitro benzene ring substituents is 1. The average Bonchev–Trinajstić information content (AvgIpc) is 3.36. The van der Waals surface area contributed by atoms with Crippen LogP contribution < -0.4 is 9.64 Å². The third-order valence-corrected chi connectivity index (χ3v) is 6.75. The molecule has 1 unspecified atom stereocenters. The summed E-state index contributed by atoms with van der Waals surface area (Å²) in [5.74, 6) is 0.586. The topological polar surface area (TPSA) is 93.2 Å². The maximum atomic E-state index is 13.5. The molecule has 5 rings (SSSR count). The van der Waals surface area contributed by atoms with E-state index in [1.807, 2.05) is 64.2 Å². The molecule has 4 aromatic rings. The fraction of sp³-hybridized carbons (Fsp3) is 0.259. The van der Waals surface area contributed by atoms with Crippen molar-refractivity contribution in [1.82, 2.24) is 14.3 Å². The molecule has 1 saturated heterocycles. The number of hydrogen-bond donors (Lipinski definition) is 0. The Kier molecular flexibility index (Phi) is 6.53. The second-order valence-corrected chi connectivity index (χ2v) is 8.75. The van der Waals surface area contributed by atoms with E-state index in [1.54, 1.807) is 19.2 Å². The number of ether oxygens (including phenoxy) is 1. The minimum atomic E-state index is -0.401. The van der Waals surface area contributed by atoms with Crippen LogP contribution in [0.25, 0.3) is 5.65 Å². The number of pyridine rings is 1. The van der Waals surface area contributed by atoms with Gasteiger partial charge in [0.1, 0.15) is 11.4 Å². The summed E-state index contributed by atoms with van der Waals surface area (Å²) in [6.07, 6.45) is 4.10. The number of para-hydroxylation sites is 1. The summed E-state index contributed by atoms with van der Waals surface area (Å²) in [6.45, 7) is 2.50. The van der Waals surface area contributed by atoms with E-state index in [0.717, 1.165) is 28.3 Å². The number of nitro benzene ring substituents is 1. The summed E-state index contributed by atoms with van der Waals surface area (Å²) in [7, 11) is 1.64. The van der Waals surface area contributed by atoms with Gasteiger partial charge in [0.2, 0.25) is 5.91 Å². The summed E-state index contributed by atoms with van der Waals surface area (Å²) >= 11 is 0. The molecule has 3 heterocycles. The lowest BCUT2D eigenvalue weighted by atomic mass is 9.91. The Balaban J connectivity index is 1.34. The minimum absolute atomic E-state index is 0.0696. The maximum Gasteiger partial charge on any atom is 0.269 e. The number of aromatic nitrogens is 2. The van der Waals surface area contributed by atoms with Crippen LogP contribution >= 0.6 is 0 Å². The molecule has 0 bridgehead atoms. The van der Waals surface area contributed by atoms with Crippen LogP contribution in [-0.4, -0.2) is 58.4 Å². The van der Waals surface area contributed by atoms with Gasteiger partial charge in [0.25, 0.3) is 5.69 Å². The first-order chi connectivity index (χ1) is 17.5. The third-order valence-electron chi connectivity index (χ3n) is 6.75. The fourth-order valence-electron chi connectivity index (χ4n) is 4.84. The molecule has 0 radical (unpaired) electrons. The Hall–Kier alpha value is -4.40. The number of carbonyl (C=O) groups is 1. The number of hydrogen-bond acceptors (Lipinski definition) is 6. The Labute approximate surface area is 208 Å². The van der Waals surface area contributed by atoms with Gasteiger partial charge in [-0.15, -0.1) is 0 Å². The second kappa shape index (κ2) is 10.1. The molecule has 0 N–H and O–H groups in total. The number of nitrogens with zero attached hydrogens (tertiary/aromatic N) is 5. The van der Waals surface area contributed by atoms with Crippen LogP contribution in [0.3, 0.4) is 0 Å². The van der Waals surface area contributed by atoms with E-state index in [4.69, 9.17) is 4.74 Å². The Bertz CT molecular complexity index is 1380. The average molecular weight is 486 g/mol. The molecule has 1 aliphatic rings. The largest absolute Gasteiger partial charge is 0.496 e. The zero-order valence-corrected chi connectivity index (χ0v) is 20.0. The van der Waals surface area contributed by atoms with Crippen molar-refractivity contribution in [3.63, 3.8) is 0 Å². The van der Waals surface area contributed by atoms with E-state index >= 15 is 0 Å². The van der Waals surface area contributed by atoms with Gasteiger partial charge in [-0.05, 0) is 30.3 Å². The number of amides is 1. The summed E-state index contributed by atoms with van der Waals surface area (Å²) in [5, 5.41) is 10.9. The quantitative estimate of drug-likeness (QED) is 0.289. The van der Waals surface area contributed by atoms with Crippen LogP contribution in [0.5, 0.6) is 5.75 Å². The number of nitro groups is 1. The number of benzene rings is 2. The molecule has 0 spiro atoms. The maximum absolute atomic E-state index is 13.5. The van der Waals surface area contributed by atoms with Gasteiger partial charge in [-0.2, -0.15) is 0 Å². The minimum Gasteiger partial charge on any atom is -0.496 e. The molecule has 1 amide bonds. The molecule has 36 heavy (non-hydrogen) atoms. The van der Waals surface area contributed by atoms with E-state index in [2.05, 4.69) is 9.88 Å². The number of carbonyl (C=O) groups excluding carboxylic acids is 1. The van der Waals surface area contributed by atoms with E-state index in [-0.39, 0.29) is 17.5 Å². The SMILES string of the molecule is COc1ccccc1C(CC(=O)N1CCN(c2ccc([N+](=O)[O-])cc2)CC1)c1cnc2ccccn12. The van der Waals surface area contributed by atoms with Gasteiger partial charge in [-0.1, -0.05) is 24.3 Å². The summed E-state index contributed by atoms with van der Waals surface area (Å²) in [4.78, 5) is 32.7. The van der Waals surface area contributed by atoms with Gasteiger partial charge < -0.3 is 18.9 Å². The zero-order valence-electron chi connectivity index (χ0n) is 20.0. The molecule has 0 saturated carbocycles. The fourth-order valence-corrected chi connectivity index (χ4v) is 4.84. The van der Waals surface area contributed by atoms with Crippen LogP contribution in [0, 0.1) is 10.1 Å². The van der Waals surface area contributed by atoms with Crippen LogP contribution in [0.15, 0.2) is 79.1 Å². The number of fused-ring (bicyclic) bond motifs is 1. The standard InChI is InChI=1S/C27H27N5O4/c1-36-25-7-3-2-6-22(25)23(24-19-28-26-8-4-5-13-31(24)26)18-27(33)30-16-14-29(15-17-30)20-9-11-21(12-10-20)32(34)35/h2-13,19,23H,14-18H2,1H3. The number of piperazine rings is 1. The first-order valence-electron chi connectivity index (χ1n) is 11.9. The van der Waals surface area contributed by atoms with E-state index in [0.29, 0.717) is 32.6 Å². The van der Waals surface area contributed by atoms with E-state index in [9.17, 15) is 14.9 Å². The highest BCUT2D eigenvalue weighted by Gasteiger charge is 2.28. The van der Waals surface area contributed by atoms with Crippen molar-refractivity contribution in [2.75, 3.05) is 38.2 Å². The van der Waals surface area contributed by atoms with E-state index in [1.165, 1.54) is 12.1 Å². The first kappa shape index (κ1) is 23.3. The number of anilines is 1. The highest BCUT2D eigenvalue weighted by molar-refractivity contribution is 5.78. The van der Waals surface area contributed by atoms with Crippen LogP contribution in [0.1, 0.15) is 23.6 Å². The third kappa shape index (κ3) is 4.59. The normalized spacial score (nSPS) is 14.6. The van der Waals surface area contributed by atoms with Gasteiger partial charge in [-0.3, -0.25) is 14.9 Å². The Morgan fingerprint density at radius 2 is 1.75 bits per heavy atom. The van der Waals surface area contributed by atoms with Gasteiger partial charge in [0, 0.05) is 74.3 Å². The van der Waals surface area contributed by atoms with Crippen molar-refractivity contribution >= 4 is 22.9 Å². The smallest absolute Gasteiger partial charge is 0.269 e. The number of rotatable bonds is 7.